The summed E-state index contributed by atoms with van der Waals surface area (Å²) in [5.41, 5.74) is 1.52. The van der Waals surface area contributed by atoms with E-state index in [4.69, 9.17) is 8.85 Å². The number of ether oxygens (including phenoxy) is 1. The number of carbonyl (C=O) groups is 1. The van der Waals surface area contributed by atoms with Gasteiger partial charge in [-0.1, -0.05) is 12.8 Å². The Labute approximate surface area is 172 Å². The Morgan fingerprint density at radius 1 is 1.28 bits per heavy atom. The summed E-state index contributed by atoms with van der Waals surface area (Å²) in [6.07, 6.45) is 3.78. The van der Waals surface area contributed by atoms with E-state index in [9.17, 15) is 4.79 Å². The third-order valence-corrected chi connectivity index (χ3v) is 4.74. The lowest BCUT2D eigenvalue weighted by Gasteiger charge is -2.08. The highest BCUT2D eigenvalue weighted by molar-refractivity contribution is 5.97. The van der Waals surface area contributed by atoms with Crippen molar-refractivity contribution in [2.24, 2.45) is 11.8 Å². The first-order chi connectivity index (χ1) is 15.2. The summed E-state index contributed by atoms with van der Waals surface area (Å²) in [5.74, 6) is 7.28. The second-order valence-electron chi connectivity index (χ2n) is 6.80. The summed E-state index contributed by atoms with van der Waals surface area (Å²) in [7, 11) is -0.813. The predicted octanol–water partition coefficient (Wildman–Crippen LogP) is 2.46. The maximum Gasteiger partial charge on any atom is 0.228 e. The van der Waals surface area contributed by atoms with Crippen LogP contribution in [0, 0.1) is 23.7 Å². The van der Waals surface area contributed by atoms with Crippen molar-refractivity contribution in [3.8, 4) is 17.6 Å². The summed E-state index contributed by atoms with van der Waals surface area (Å²) in [5, 5.41) is 14.8. The molecule has 2 atom stereocenters. The lowest BCUT2D eigenvalue weighted by atomic mass is 10.1. The number of methoxy groups -OCH3 is 1. The minimum atomic E-state index is -2.54. The van der Waals surface area contributed by atoms with Crippen molar-refractivity contribution in [2.75, 3.05) is 24.7 Å². The molecule has 0 bridgehead atoms. The summed E-state index contributed by atoms with van der Waals surface area (Å²) >= 11 is 0. The van der Waals surface area contributed by atoms with Crippen molar-refractivity contribution in [3.63, 3.8) is 0 Å². The Morgan fingerprint density at radius 2 is 2.14 bits per heavy atom. The van der Waals surface area contributed by atoms with E-state index in [1.54, 1.807) is 25.4 Å². The third-order valence-electron chi connectivity index (χ3n) is 4.74. The molecular weight excluding hydrogens is 368 g/mol. The van der Waals surface area contributed by atoms with Crippen LogP contribution in [-0.4, -0.2) is 40.2 Å². The van der Waals surface area contributed by atoms with Crippen LogP contribution >= 0.6 is 0 Å². The lowest BCUT2D eigenvalue weighted by Crippen LogP contribution is -2.16. The van der Waals surface area contributed by atoms with Crippen LogP contribution in [0.4, 0.5) is 11.6 Å². The minimum Gasteiger partial charge on any atom is -0.495 e. The maximum absolute atomic E-state index is 12.3. The fourth-order valence-electron chi connectivity index (χ4n) is 2.93. The van der Waals surface area contributed by atoms with Gasteiger partial charge in [-0.2, -0.15) is 0 Å². The summed E-state index contributed by atoms with van der Waals surface area (Å²) in [6.45, 7) is 2.03. The van der Waals surface area contributed by atoms with Crippen LogP contribution in [0.5, 0.6) is 5.75 Å². The molecule has 0 saturated heterocycles. The monoisotopic (exact) mass is 391 g/mol. The minimum absolute atomic E-state index is 0.0143. The molecule has 1 saturated carbocycles. The van der Waals surface area contributed by atoms with Gasteiger partial charge in [0.2, 0.25) is 5.91 Å². The van der Waals surface area contributed by atoms with Gasteiger partial charge in [-0.05, 0) is 36.5 Å². The molecule has 1 aliphatic carbocycles. The molecule has 3 heterocycles. The van der Waals surface area contributed by atoms with Crippen LogP contribution in [0.2, 0.25) is 0 Å². The first kappa shape index (κ1) is 15.2. The molecule has 1 aliphatic rings. The molecule has 4 rings (SSSR count). The number of hydrogen-bond donors (Lipinski definition) is 2. The number of rotatable bonds is 4. The molecule has 3 aromatic rings. The van der Waals surface area contributed by atoms with E-state index in [-0.39, 0.29) is 17.6 Å². The highest BCUT2D eigenvalue weighted by Crippen LogP contribution is 2.38. The maximum atomic E-state index is 12.3. The van der Waals surface area contributed by atoms with Crippen molar-refractivity contribution in [2.45, 2.75) is 13.3 Å². The molecule has 146 valence electrons. The van der Waals surface area contributed by atoms with Crippen LogP contribution in [0.1, 0.15) is 28.7 Å². The van der Waals surface area contributed by atoms with Gasteiger partial charge in [0.05, 0.1) is 22.9 Å². The summed E-state index contributed by atoms with van der Waals surface area (Å²) in [6, 6.07) is 4.77. The fourth-order valence-corrected chi connectivity index (χ4v) is 2.93. The Bertz CT molecular complexity index is 1230. The highest BCUT2D eigenvalue weighted by atomic mass is 16.5. The van der Waals surface area contributed by atoms with Crippen molar-refractivity contribution < 1.29 is 13.6 Å². The first-order valence-corrected chi connectivity index (χ1v) is 9.05. The second kappa shape index (κ2) is 7.72. The third kappa shape index (κ3) is 3.94. The van der Waals surface area contributed by atoms with Crippen LogP contribution in [0.15, 0.2) is 30.6 Å². The molecule has 0 spiro atoms. The van der Waals surface area contributed by atoms with Gasteiger partial charge < -0.3 is 15.4 Å². The number of anilines is 2. The number of carbonyl (C=O) groups excluding carboxylic acids is 1. The average molecular weight is 391 g/mol. The predicted molar refractivity (Wildman–Crippen MR) is 110 cm³/mol. The molecule has 0 unspecified atom stereocenters. The van der Waals surface area contributed by atoms with Gasteiger partial charge in [0.25, 0.3) is 0 Å². The Hall–Kier alpha value is -3.73. The van der Waals surface area contributed by atoms with E-state index >= 15 is 0 Å². The van der Waals surface area contributed by atoms with Gasteiger partial charge in [0.1, 0.15) is 17.0 Å². The fraction of sp³-hybridized carbons (Fsp3) is 0.286. The topological polar surface area (TPSA) is 102 Å². The molecule has 8 nitrogen and oxygen atoms in total. The largest absolute Gasteiger partial charge is 0.495 e. The molecule has 3 aromatic heterocycles. The zero-order chi connectivity index (χ0) is 22.9. The molecule has 0 aromatic carbocycles. The highest BCUT2D eigenvalue weighted by Gasteiger charge is 2.39. The van der Waals surface area contributed by atoms with Crippen LogP contribution in [0.25, 0.3) is 10.9 Å². The van der Waals surface area contributed by atoms with E-state index in [2.05, 4.69) is 42.6 Å². The lowest BCUT2D eigenvalue weighted by molar-refractivity contribution is -0.117. The standard InChI is InChI=1S/C21H20N6O2/c1-12-8-16(12)21(28)25-18-9-17-13(10-24-20(22-2)19(17)27-26-18)4-5-14-6-7-15(29-3)11-23-14/h6-7,9-12,16H,8H2,1-3H3,(H,22,24)(H,25,26,28)/t12-,16+/m1/s1/i3D3. The molecule has 0 aliphatic heterocycles. The summed E-state index contributed by atoms with van der Waals surface area (Å²) in [4.78, 5) is 20.7. The number of pyridine rings is 2. The van der Waals surface area contributed by atoms with Gasteiger partial charge in [-0.15, -0.1) is 10.2 Å². The van der Waals surface area contributed by atoms with E-state index in [1.165, 1.54) is 12.3 Å². The quantitative estimate of drug-likeness (QED) is 0.659. The zero-order valence-electron chi connectivity index (χ0n) is 18.9. The number of hydrogen-bond acceptors (Lipinski definition) is 7. The molecule has 29 heavy (non-hydrogen) atoms. The van der Waals surface area contributed by atoms with Crippen molar-refractivity contribution in [1.82, 2.24) is 20.2 Å². The van der Waals surface area contributed by atoms with Crippen LogP contribution in [0.3, 0.4) is 0 Å². The Balaban J connectivity index is 1.63. The molecule has 1 fully saturated rings. The number of fused-ring (bicyclic) bond motifs is 1. The number of nitrogens with one attached hydrogen (secondary N) is 2. The summed E-state index contributed by atoms with van der Waals surface area (Å²) < 4.78 is 26.2. The van der Waals surface area contributed by atoms with Gasteiger partial charge >= 0.3 is 0 Å². The first-order valence-electron chi connectivity index (χ1n) is 10.6. The number of amides is 1. The molecule has 8 heteroatoms. The molecule has 2 N–H and O–H groups in total. The Morgan fingerprint density at radius 3 is 2.83 bits per heavy atom. The van der Waals surface area contributed by atoms with E-state index in [1.807, 2.05) is 6.92 Å². The molecule has 0 radical (unpaired) electrons. The van der Waals surface area contributed by atoms with Gasteiger partial charge in [0, 0.05) is 24.5 Å². The molecular formula is C21H20N6O2. The average Bonchev–Trinajstić information content (AvgIpc) is 3.48. The number of aromatic nitrogens is 4. The van der Waals surface area contributed by atoms with Crippen LogP contribution < -0.4 is 15.4 Å². The van der Waals surface area contributed by atoms with Crippen molar-refractivity contribution >= 4 is 28.4 Å². The molecule has 1 amide bonds. The Kier molecular flexibility index (Phi) is 4.05. The van der Waals surface area contributed by atoms with E-state index in [0.717, 1.165) is 6.42 Å². The SMILES string of the molecule is [2H]C([2H])([2H])Oc1ccc(C#Cc2cnc(NC)c3nnc(NC(=O)[C@H]4C[C@H]4C)cc23)nc1. The van der Waals surface area contributed by atoms with E-state index < -0.39 is 7.04 Å². The van der Waals surface area contributed by atoms with Gasteiger partial charge in [0.15, 0.2) is 11.6 Å². The van der Waals surface area contributed by atoms with Gasteiger partial charge in [-0.3, -0.25) is 4.79 Å². The van der Waals surface area contributed by atoms with Crippen molar-refractivity contribution in [1.29, 1.82) is 0 Å². The second-order valence-corrected chi connectivity index (χ2v) is 6.80. The van der Waals surface area contributed by atoms with Crippen molar-refractivity contribution in [3.05, 3.63) is 41.9 Å². The smallest absolute Gasteiger partial charge is 0.228 e. The zero-order valence-corrected chi connectivity index (χ0v) is 15.9. The normalized spacial score (nSPS) is 19.2. The van der Waals surface area contributed by atoms with Gasteiger partial charge in [-0.25, -0.2) is 9.97 Å². The van der Waals surface area contributed by atoms with Crippen LogP contribution in [-0.2, 0) is 4.79 Å². The van der Waals surface area contributed by atoms with E-state index in [0.29, 0.717) is 39.7 Å². The number of nitrogens with zero attached hydrogens (tertiary/aromatic N) is 4.